The fourth-order valence-electron chi connectivity index (χ4n) is 1.87. The normalized spacial score (nSPS) is 16.8. The zero-order chi connectivity index (χ0) is 26.7. The Labute approximate surface area is 176 Å². The Morgan fingerprint density at radius 1 is 0.576 bits per heavy atom. The van der Waals surface area contributed by atoms with E-state index < -0.39 is 70.9 Å². The molecule has 0 rings (SSSR count). The van der Waals surface area contributed by atoms with Gasteiger partial charge in [0.05, 0.1) is 11.8 Å². The van der Waals surface area contributed by atoms with Crippen molar-refractivity contribution in [2.75, 3.05) is 0 Å². The second-order valence-corrected chi connectivity index (χ2v) is 5.93. The number of allylic oxidation sites excluding steroid dienone is 4. The van der Waals surface area contributed by atoms with E-state index in [2.05, 4.69) is 31.1 Å². The van der Waals surface area contributed by atoms with Gasteiger partial charge in [-0.3, -0.25) is 0 Å². The van der Waals surface area contributed by atoms with Gasteiger partial charge in [-0.1, -0.05) is 25.3 Å². The number of halogens is 14. The van der Waals surface area contributed by atoms with Crippen molar-refractivity contribution in [2.45, 2.75) is 24.2 Å². The van der Waals surface area contributed by atoms with E-state index in [0.717, 1.165) is 0 Å². The van der Waals surface area contributed by atoms with Gasteiger partial charge in [0.15, 0.2) is 11.7 Å². The third-order valence-corrected chi connectivity index (χ3v) is 3.66. The van der Waals surface area contributed by atoms with Crippen molar-refractivity contribution in [3.05, 3.63) is 73.3 Å². The van der Waals surface area contributed by atoms with E-state index in [1.54, 1.807) is 0 Å². The van der Waals surface area contributed by atoms with Gasteiger partial charge in [-0.05, 0) is 0 Å². The van der Waals surface area contributed by atoms with Crippen molar-refractivity contribution in [3.8, 4) is 0 Å². The van der Waals surface area contributed by atoms with Crippen LogP contribution in [0, 0.1) is 11.8 Å². The maximum Gasteiger partial charge on any atom is 0.460 e. The van der Waals surface area contributed by atoms with Crippen molar-refractivity contribution >= 4 is 0 Å². The molecule has 0 saturated heterocycles. The smallest absolute Gasteiger partial charge is 0.460 e. The number of ether oxygens (including phenoxy) is 1. The number of alkyl halides is 10. The first-order valence-electron chi connectivity index (χ1n) is 7.90. The van der Waals surface area contributed by atoms with Gasteiger partial charge in [0, 0.05) is 0 Å². The van der Waals surface area contributed by atoms with Crippen LogP contribution in [0.3, 0.4) is 0 Å². The minimum Gasteiger partial charge on any atom is -0.465 e. The van der Waals surface area contributed by atoms with Crippen LogP contribution in [0.25, 0.3) is 0 Å². The van der Waals surface area contributed by atoms with Gasteiger partial charge in [-0.15, -0.1) is 13.2 Å². The van der Waals surface area contributed by atoms with Gasteiger partial charge in [-0.25, -0.2) is 17.6 Å². The first-order valence-corrected chi connectivity index (χ1v) is 7.90. The summed E-state index contributed by atoms with van der Waals surface area (Å²) < 4.78 is 184. The van der Waals surface area contributed by atoms with Crippen molar-refractivity contribution < 1.29 is 66.2 Å². The van der Waals surface area contributed by atoms with Crippen LogP contribution < -0.4 is 0 Å². The first kappa shape index (κ1) is 30.3. The first-order chi connectivity index (χ1) is 14.6. The topological polar surface area (TPSA) is 9.23 Å². The zero-order valence-electron chi connectivity index (χ0n) is 15.8. The van der Waals surface area contributed by atoms with Gasteiger partial charge < -0.3 is 4.74 Å². The van der Waals surface area contributed by atoms with Crippen molar-refractivity contribution in [1.82, 2.24) is 0 Å². The third kappa shape index (κ3) is 6.19. The molecule has 0 spiro atoms. The quantitative estimate of drug-likeness (QED) is 0.163. The molecule has 0 amide bonds. The highest BCUT2D eigenvalue weighted by molar-refractivity contribution is 5.27. The molecule has 0 aromatic rings. The van der Waals surface area contributed by atoms with Crippen molar-refractivity contribution in [3.63, 3.8) is 0 Å². The Morgan fingerprint density at radius 3 is 1.00 bits per heavy atom. The molecule has 33 heavy (non-hydrogen) atoms. The van der Waals surface area contributed by atoms with Crippen molar-refractivity contribution in [1.29, 1.82) is 0 Å². The molecule has 0 aromatic heterocycles. The molecule has 0 fully saturated rings. The molecule has 1 nitrogen and oxygen atoms in total. The molecule has 2 atom stereocenters. The lowest BCUT2D eigenvalue weighted by Gasteiger charge is -2.24. The molecule has 0 aromatic carbocycles. The average molecular weight is 510 g/mol. The summed E-state index contributed by atoms with van der Waals surface area (Å²) in [5, 5.41) is 0. The minimum absolute atomic E-state index is 0.171. The minimum atomic E-state index is -6.57. The second kappa shape index (κ2) is 10.0. The van der Waals surface area contributed by atoms with E-state index in [0.29, 0.717) is 0 Å². The summed E-state index contributed by atoms with van der Waals surface area (Å²) in [4.78, 5) is 0. The van der Waals surface area contributed by atoms with Gasteiger partial charge >= 0.3 is 24.2 Å². The second-order valence-electron chi connectivity index (χ2n) is 5.93. The highest BCUT2D eigenvalue weighted by Crippen LogP contribution is 2.46. The van der Waals surface area contributed by atoms with Gasteiger partial charge in [-0.2, -0.15) is 43.9 Å². The standard InChI is InChI=1S/C18H12F14O/c1-5-9(11(19)13(21)15(23,24)17(27,28)29)7(3)33-8(4)10(6-2)12(20)14(22)16(25,26)18(30,31)32/h5-6,9-10H,1-4H2. The molecule has 0 bridgehead atoms. The summed E-state index contributed by atoms with van der Waals surface area (Å²) in [6, 6.07) is 0. The molecule has 0 aliphatic heterocycles. The molecule has 15 heteroatoms. The van der Waals surface area contributed by atoms with Crippen molar-refractivity contribution in [2.24, 2.45) is 11.8 Å². The molecule has 188 valence electrons. The van der Waals surface area contributed by atoms with Crippen LogP contribution in [0.2, 0.25) is 0 Å². The molecular weight excluding hydrogens is 498 g/mol. The highest BCUT2D eigenvalue weighted by Gasteiger charge is 2.63. The van der Waals surface area contributed by atoms with E-state index in [1.165, 1.54) is 0 Å². The molecule has 2 unspecified atom stereocenters. The molecule has 0 N–H and O–H groups in total. The molecule has 0 radical (unpaired) electrons. The summed E-state index contributed by atoms with van der Waals surface area (Å²) in [6.07, 6.45) is -12.8. The molecule has 0 aliphatic carbocycles. The number of hydrogen-bond acceptors (Lipinski definition) is 1. The number of hydrogen-bond donors (Lipinski definition) is 0. The maximum atomic E-state index is 13.9. The van der Waals surface area contributed by atoms with Crippen LogP contribution in [0.15, 0.2) is 73.3 Å². The Hall–Kier alpha value is -2.74. The zero-order valence-corrected chi connectivity index (χ0v) is 15.8. The summed E-state index contributed by atoms with van der Waals surface area (Å²) >= 11 is 0. The van der Waals surface area contributed by atoms with E-state index >= 15 is 0 Å². The summed E-state index contributed by atoms with van der Waals surface area (Å²) in [5.74, 6) is -33.6. The van der Waals surface area contributed by atoms with Gasteiger partial charge in [0.1, 0.15) is 11.5 Å². The van der Waals surface area contributed by atoms with Crippen LogP contribution >= 0.6 is 0 Å². The van der Waals surface area contributed by atoms with Crippen LogP contribution in [0.1, 0.15) is 0 Å². The average Bonchev–Trinajstić information content (AvgIpc) is 2.65. The van der Waals surface area contributed by atoms with E-state index in [1.807, 2.05) is 0 Å². The SMILES string of the molecule is C=CC(C(=C)OC(=C)C(C=C)C(F)=C(F)C(F)(F)C(F)(F)F)C(F)=C(F)C(F)(F)C(F)(F)F. The molecular formula is C18H12F14O. The van der Waals surface area contributed by atoms with Gasteiger partial charge in [0.25, 0.3) is 0 Å². The lowest BCUT2D eigenvalue weighted by Crippen LogP contribution is -2.38. The summed E-state index contributed by atoms with van der Waals surface area (Å²) in [5.41, 5.74) is 0. The van der Waals surface area contributed by atoms with Crippen LogP contribution in [0.5, 0.6) is 0 Å². The van der Waals surface area contributed by atoms with E-state index in [-0.39, 0.29) is 12.2 Å². The fraction of sp³-hybridized carbons (Fsp3) is 0.333. The Kier molecular flexibility index (Phi) is 9.20. The summed E-state index contributed by atoms with van der Waals surface area (Å²) in [7, 11) is 0. The predicted octanol–water partition coefficient (Wildman–Crippen LogP) is 8.33. The lowest BCUT2D eigenvalue weighted by molar-refractivity contribution is -0.271. The van der Waals surface area contributed by atoms with Crippen LogP contribution in [-0.4, -0.2) is 24.2 Å². The predicted molar refractivity (Wildman–Crippen MR) is 87.2 cm³/mol. The van der Waals surface area contributed by atoms with E-state index in [4.69, 9.17) is 0 Å². The Balaban J connectivity index is 6.08. The van der Waals surface area contributed by atoms with Crippen LogP contribution in [-0.2, 0) is 4.74 Å². The molecule has 0 heterocycles. The fourth-order valence-corrected chi connectivity index (χ4v) is 1.87. The maximum absolute atomic E-state index is 13.9. The van der Waals surface area contributed by atoms with Crippen LogP contribution in [0.4, 0.5) is 61.5 Å². The molecule has 0 aliphatic rings. The summed E-state index contributed by atoms with van der Waals surface area (Å²) in [6.45, 7) is 11.2. The van der Waals surface area contributed by atoms with Gasteiger partial charge in [0.2, 0.25) is 11.7 Å². The molecule has 0 saturated carbocycles. The largest absolute Gasteiger partial charge is 0.465 e. The lowest BCUT2D eigenvalue weighted by atomic mass is 10.0. The Morgan fingerprint density at radius 2 is 0.818 bits per heavy atom. The third-order valence-electron chi connectivity index (χ3n) is 3.66. The monoisotopic (exact) mass is 510 g/mol. The van der Waals surface area contributed by atoms with E-state index in [9.17, 15) is 61.5 Å². The highest BCUT2D eigenvalue weighted by atomic mass is 19.4. The Bertz CT molecular complexity index is 786. The number of rotatable bonds is 10.